The van der Waals surface area contributed by atoms with E-state index in [1.807, 2.05) is 20.3 Å². The normalized spacial score (nSPS) is 10.9. The lowest BCUT2D eigenvalue weighted by molar-refractivity contribution is 0.0516. The summed E-state index contributed by atoms with van der Waals surface area (Å²) in [5, 5.41) is 4.23. The zero-order valence-electron chi connectivity index (χ0n) is 9.02. The van der Waals surface area contributed by atoms with Crippen molar-refractivity contribution in [2.45, 2.75) is 6.92 Å². The predicted molar refractivity (Wildman–Crippen MR) is 55.6 cm³/mol. The van der Waals surface area contributed by atoms with Crippen LogP contribution in [0, 0.1) is 0 Å². The summed E-state index contributed by atoms with van der Waals surface area (Å²) in [5.74, 6) is -0.305. The maximum absolute atomic E-state index is 11.5. The zero-order chi connectivity index (χ0) is 11.0. The summed E-state index contributed by atoms with van der Waals surface area (Å²) in [4.78, 5) is 11.5. The molecule has 0 saturated heterocycles. The Hall–Kier alpha value is -1.78. The first-order chi connectivity index (χ1) is 7.13. The fourth-order valence-electron chi connectivity index (χ4n) is 1.61. The quantitative estimate of drug-likeness (QED) is 0.692. The topological polar surface area (TPSA) is 49.0 Å². The van der Waals surface area contributed by atoms with Gasteiger partial charge in [-0.15, -0.1) is 0 Å². The second-order valence-electron chi connectivity index (χ2n) is 3.38. The third-order valence-corrected chi connectivity index (χ3v) is 2.32. The van der Waals surface area contributed by atoms with Crippen molar-refractivity contribution in [2.75, 3.05) is 6.61 Å². The molecule has 5 nitrogen and oxygen atoms in total. The van der Waals surface area contributed by atoms with Gasteiger partial charge in [0.25, 0.3) is 0 Å². The zero-order valence-corrected chi connectivity index (χ0v) is 9.02. The van der Waals surface area contributed by atoms with E-state index in [1.54, 1.807) is 22.2 Å². The Labute approximate surface area is 87.2 Å². The van der Waals surface area contributed by atoms with Crippen LogP contribution in [0.4, 0.5) is 0 Å². The minimum absolute atomic E-state index is 0.305. The molecule has 80 valence electrons. The van der Waals surface area contributed by atoms with Crippen LogP contribution in [0.15, 0.2) is 12.3 Å². The van der Waals surface area contributed by atoms with Crippen LogP contribution in [0.3, 0.4) is 0 Å². The van der Waals surface area contributed by atoms with Gasteiger partial charge in [-0.25, -0.2) is 4.79 Å². The number of rotatable bonds is 2. The fourth-order valence-corrected chi connectivity index (χ4v) is 1.61. The van der Waals surface area contributed by atoms with E-state index in [0.29, 0.717) is 12.3 Å². The monoisotopic (exact) mass is 207 g/mol. The highest BCUT2D eigenvalue weighted by atomic mass is 16.5. The molecule has 0 N–H and O–H groups in total. The van der Waals surface area contributed by atoms with Crippen LogP contribution in [-0.4, -0.2) is 26.9 Å². The molecule has 0 aliphatic carbocycles. The second kappa shape index (κ2) is 3.42. The van der Waals surface area contributed by atoms with Crippen molar-refractivity contribution >= 4 is 17.0 Å². The van der Waals surface area contributed by atoms with E-state index in [0.717, 1.165) is 11.0 Å². The average Bonchev–Trinajstić information content (AvgIpc) is 2.66. The Bertz CT molecular complexity index is 510. The number of aromatic nitrogens is 3. The largest absolute Gasteiger partial charge is 0.461 e. The molecule has 0 bridgehead atoms. The molecule has 0 saturated carbocycles. The minimum atomic E-state index is -0.305. The summed E-state index contributed by atoms with van der Waals surface area (Å²) >= 11 is 0. The number of hydrogen-bond acceptors (Lipinski definition) is 3. The average molecular weight is 207 g/mol. The Morgan fingerprint density at radius 2 is 2.27 bits per heavy atom. The van der Waals surface area contributed by atoms with Crippen LogP contribution in [0.25, 0.3) is 11.0 Å². The molecular formula is C10H13N3O2. The molecular weight excluding hydrogens is 194 g/mol. The summed E-state index contributed by atoms with van der Waals surface area (Å²) in [5.41, 5.74) is 2.28. The van der Waals surface area contributed by atoms with E-state index in [9.17, 15) is 4.79 Å². The molecule has 0 atom stereocenters. The van der Waals surface area contributed by atoms with E-state index in [2.05, 4.69) is 5.10 Å². The van der Waals surface area contributed by atoms with Crippen LogP contribution >= 0.6 is 0 Å². The Morgan fingerprint density at radius 3 is 2.87 bits per heavy atom. The van der Waals surface area contributed by atoms with Gasteiger partial charge in [-0.05, 0) is 13.0 Å². The third kappa shape index (κ3) is 1.49. The molecule has 2 rings (SSSR count). The number of ether oxygens (including phenoxy) is 1. The molecule has 0 spiro atoms. The Morgan fingerprint density at radius 1 is 1.53 bits per heavy atom. The molecule has 0 fully saturated rings. The smallest absolute Gasteiger partial charge is 0.355 e. The maximum atomic E-state index is 11.5. The summed E-state index contributed by atoms with van der Waals surface area (Å²) in [7, 11) is 3.68. The van der Waals surface area contributed by atoms with Gasteiger partial charge in [0.2, 0.25) is 0 Å². The highest BCUT2D eigenvalue weighted by Gasteiger charge is 2.15. The molecule has 0 aliphatic rings. The van der Waals surface area contributed by atoms with Crippen molar-refractivity contribution in [1.82, 2.24) is 14.3 Å². The van der Waals surface area contributed by atoms with Crippen molar-refractivity contribution in [3.63, 3.8) is 0 Å². The molecule has 0 radical (unpaired) electrons. The van der Waals surface area contributed by atoms with Crippen LogP contribution in [0.1, 0.15) is 17.4 Å². The lowest BCUT2D eigenvalue weighted by Crippen LogP contribution is -2.09. The Kier molecular flexibility index (Phi) is 2.22. The molecule has 5 heteroatoms. The van der Waals surface area contributed by atoms with Crippen LogP contribution in [0.5, 0.6) is 0 Å². The van der Waals surface area contributed by atoms with Crippen LogP contribution < -0.4 is 0 Å². The number of fused-ring (bicyclic) bond motifs is 1. The first kappa shape index (κ1) is 9.76. The number of esters is 1. The summed E-state index contributed by atoms with van der Waals surface area (Å²) < 4.78 is 8.46. The Balaban J connectivity index is 2.49. The highest BCUT2D eigenvalue weighted by Crippen LogP contribution is 2.17. The van der Waals surface area contributed by atoms with Crippen molar-refractivity contribution < 1.29 is 9.53 Å². The van der Waals surface area contributed by atoms with Crippen molar-refractivity contribution in [3.05, 3.63) is 18.0 Å². The van der Waals surface area contributed by atoms with Gasteiger partial charge < -0.3 is 9.30 Å². The van der Waals surface area contributed by atoms with E-state index in [4.69, 9.17) is 4.74 Å². The van der Waals surface area contributed by atoms with E-state index in [-0.39, 0.29) is 5.97 Å². The molecule has 0 aromatic carbocycles. The first-order valence-corrected chi connectivity index (χ1v) is 4.79. The van der Waals surface area contributed by atoms with E-state index >= 15 is 0 Å². The lowest BCUT2D eigenvalue weighted by Gasteiger charge is -2.02. The van der Waals surface area contributed by atoms with Gasteiger partial charge in [0.05, 0.1) is 12.1 Å². The molecule has 2 aromatic heterocycles. The summed E-state index contributed by atoms with van der Waals surface area (Å²) in [6, 6.07) is 1.74. The molecule has 2 heterocycles. The number of nitrogens with zero attached hydrogens (tertiary/aromatic N) is 3. The minimum Gasteiger partial charge on any atom is -0.461 e. The standard InChI is InChI=1S/C10H13N3O2/c1-4-15-10(14)8-5-7-9(13(8)3)6-12(2)11-7/h5-6H,4H2,1-3H3. The molecule has 0 unspecified atom stereocenters. The maximum Gasteiger partial charge on any atom is 0.355 e. The van der Waals surface area contributed by atoms with Gasteiger partial charge >= 0.3 is 5.97 Å². The number of carbonyl (C=O) groups excluding carboxylic acids is 1. The number of hydrogen-bond donors (Lipinski definition) is 0. The summed E-state index contributed by atoms with van der Waals surface area (Å²) in [6.45, 7) is 2.17. The number of aryl methyl sites for hydroxylation is 2. The van der Waals surface area contributed by atoms with Gasteiger partial charge in [0.15, 0.2) is 0 Å². The van der Waals surface area contributed by atoms with Crippen LogP contribution in [0.2, 0.25) is 0 Å². The van der Waals surface area contributed by atoms with Gasteiger partial charge in [0, 0.05) is 20.3 Å². The van der Waals surface area contributed by atoms with Gasteiger partial charge in [0.1, 0.15) is 11.2 Å². The molecule has 0 amide bonds. The van der Waals surface area contributed by atoms with E-state index < -0.39 is 0 Å². The molecule has 2 aromatic rings. The van der Waals surface area contributed by atoms with Crippen molar-refractivity contribution in [3.8, 4) is 0 Å². The second-order valence-corrected chi connectivity index (χ2v) is 3.38. The third-order valence-electron chi connectivity index (χ3n) is 2.32. The number of carbonyl (C=O) groups is 1. The van der Waals surface area contributed by atoms with E-state index in [1.165, 1.54) is 0 Å². The SMILES string of the molecule is CCOC(=O)c1cc2nn(C)cc2n1C. The van der Waals surface area contributed by atoms with Gasteiger partial charge in [-0.1, -0.05) is 0 Å². The van der Waals surface area contributed by atoms with Gasteiger partial charge in [-0.2, -0.15) is 5.10 Å². The van der Waals surface area contributed by atoms with Crippen LogP contribution in [-0.2, 0) is 18.8 Å². The first-order valence-electron chi connectivity index (χ1n) is 4.79. The highest BCUT2D eigenvalue weighted by molar-refractivity contribution is 5.94. The van der Waals surface area contributed by atoms with Crippen molar-refractivity contribution in [1.29, 1.82) is 0 Å². The predicted octanol–water partition coefficient (Wildman–Crippen LogP) is 1.09. The molecule has 15 heavy (non-hydrogen) atoms. The van der Waals surface area contributed by atoms with Gasteiger partial charge in [-0.3, -0.25) is 4.68 Å². The summed E-state index contributed by atoms with van der Waals surface area (Å²) in [6.07, 6.45) is 1.87. The molecule has 0 aliphatic heterocycles. The van der Waals surface area contributed by atoms with Crippen molar-refractivity contribution in [2.24, 2.45) is 14.1 Å². The fraction of sp³-hybridized carbons (Fsp3) is 0.400. The lowest BCUT2D eigenvalue weighted by atomic mass is 10.4.